The number of nitrogens with zero attached hydrogens (tertiary/aromatic N) is 2. The number of hydrogen-bond donors (Lipinski definition) is 1. The average Bonchev–Trinajstić information content (AvgIpc) is 3.44. The lowest BCUT2D eigenvalue weighted by atomic mass is 10.1. The Morgan fingerprint density at radius 3 is 2.50 bits per heavy atom. The van der Waals surface area contributed by atoms with Crippen molar-refractivity contribution in [1.29, 1.82) is 0 Å². The zero-order valence-electron chi connectivity index (χ0n) is 21.1. The largest absolute Gasteiger partial charge is 0.487 e. The number of sulfonamides is 1. The summed E-state index contributed by atoms with van der Waals surface area (Å²) < 4.78 is 35.5. The minimum absolute atomic E-state index is 0.104. The molecule has 1 amide bonds. The molecule has 1 fully saturated rings. The number of benzene rings is 4. The topological polar surface area (TPSA) is 88.1 Å². The van der Waals surface area contributed by atoms with E-state index in [-0.39, 0.29) is 11.4 Å². The van der Waals surface area contributed by atoms with Gasteiger partial charge in [0.15, 0.2) is 0 Å². The molecule has 1 atom stereocenters. The molecule has 0 aromatic heterocycles. The summed E-state index contributed by atoms with van der Waals surface area (Å²) >= 11 is 10.4. The summed E-state index contributed by atoms with van der Waals surface area (Å²) in [6.07, 6.45) is 2.56. The van der Waals surface area contributed by atoms with Gasteiger partial charge in [0, 0.05) is 11.6 Å². The van der Waals surface area contributed by atoms with E-state index < -0.39 is 22.0 Å². The van der Waals surface area contributed by atoms with Crippen LogP contribution < -0.4 is 10.2 Å². The third-order valence-corrected chi connectivity index (χ3v) is 10.4. The number of nitrogens with one attached hydrogen (secondary N) is 1. The van der Waals surface area contributed by atoms with Crippen LogP contribution in [0.4, 0.5) is 0 Å². The van der Waals surface area contributed by atoms with E-state index >= 15 is 0 Å². The van der Waals surface area contributed by atoms with Crippen molar-refractivity contribution in [2.24, 2.45) is 5.10 Å². The summed E-state index contributed by atoms with van der Waals surface area (Å²) in [6.45, 7) is 0.705. The highest BCUT2D eigenvalue weighted by Gasteiger charge is 2.39. The van der Waals surface area contributed by atoms with E-state index in [9.17, 15) is 13.2 Å². The van der Waals surface area contributed by atoms with Crippen LogP contribution in [0.25, 0.3) is 10.8 Å². The second-order valence-electron chi connectivity index (χ2n) is 9.20. The summed E-state index contributed by atoms with van der Waals surface area (Å²) in [5.41, 5.74) is 4.41. The summed E-state index contributed by atoms with van der Waals surface area (Å²) in [7, 11) is -3.83. The van der Waals surface area contributed by atoms with Crippen molar-refractivity contribution in [3.05, 3.63) is 102 Å². The lowest BCUT2D eigenvalue weighted by molar-refractivity contribution is -0.124. The fourth-order valence-electron chi connectivity index (χ4n) is 4.64. The molecule has 7 nitrogen and oxygen atoms in total. The standard InChI is InChI=1S/C29H24ClI2N3O4S/c30-22-10-12-23(13-11-22)40(37,38)35-14-4-9-27(35)29(36)34-33-17-19-15-25(31)28(26(32)16-19)39-18-21-7-3-6-20-5-1-2-8-24(20)21/h1-3,5-8,10-13,15-17,27H,4,9,14,18H2,(H,34,36)/b33-17-/t27-/m1/s1. The maximum absolute atomic E-state index is 13.1. The quantitative estimate of drug-likeness (QED) is 0.124. The molecule has 1 heterocycles. The van der Waals surface area contributed by atoms with Crippen molar-refractivity contribution in [3.8, 4) is 5.75 Å². The zero-order chi connectivity index (χ0) is 28.3. The monoisotopic (exact) mass is 799 g/mol. The molecule has 40 heavy (non-hydrogen) atoms. The minimum atomic E-state index is -3.83. The molecule has 0 radical (unpaired) electrons. The van der Waals surface area contributed by atoms with Gasteiger partial charge in [-0.25, -0.2) is 13.8 Å². The molecule has 0 saturated carbocycles. The predicted molar refractivity (Wildman–Crippen MR) is 174 cm³/mol. The maximum atomic E-state index is 13.1. The Morgan fingerprint density at radius 1 is 1.05 bits per heavy atom. The minimum Gasteiger partial charge on any atom is -0.487 e. The zero-order valence-corrected chi connectivity index (χ0v) is 26.9. The van der Waals surface area contributed by atoms with Gasteiger partial charge < -0.3 is 4.74 Å². The highest BCUT2D eigenvalue weighted by atomic mass is 127. The van der Waals surface area contributed by atoms with Crippen molar-refractivity contribution in [1.82, 2.24) is 9.73 Å². The van der Waals surface area contributed by atoms with Gasteiger partial charge in [-0.3, -0.25) is 4.79 Å². The summed E-state index contributed by atoms with van der Waals surface area (Å²) in [5.74, 6) is 0.315. The second-order valence-corrected chi connectivity index (χ2v) is 13.9. The van der Waals surface area contributed by atoms with Gasteiger partial charge in [-0.2, -0.15) is 9.41 Å². The summed E-state index contributed by atoms with van der Waals surface area (Å²) in [6, 6.07) is 23.4. The molecule has 1 N–H and O–H groups in total. The highest BCUT2D eigenvalue weighted by Crippen LogP contribution is 2.31. The first-order chi connectivity index (χ1) is 19.2. The molecule has 5 rings (SSSR count). The van der Waals surface area contributed by atoms with Crippen LogP contribution >= 0.6 is 56.8 Å². The first-order valence-corrected chi connectivity index (χ1v) is 16.4. The maximum Gasteiger partial charge on any atom is 0.258 e. The van der Waals surface area contributed by atoms with Gasteiger partial charge in [0.05, 0.1) is 18.3 Å². The number of carbonyl (C=O) groups is 1. The van der Waals surface area contributed by atoms with Crippen LogP contribution in [0.1, 0.15) is 24.0 Å². The third kappa shape index (κ3) is 6.46. The Balaban J connectivity index is 1.24. The number of fused-ring (bicyclic) bond motifs is 1. The number of hydrazone groups is 1. The van der Waals surface area contributed by atoms with Gasteiger partial charge in [-0.1, -0.05) is 54.1 Å². The highest BCUT2D eigenvalue weighted by molar-refractivity contribution is 14.1. The first-order valence-electron chi connectivity index (χ1n) is 12.4. The van der Waals surface area contributed by atoms with E-state index in [1.165, 1.54) is 34.0 Å². The van der Waals surface area contributed by atoms with Gasteiger partial charge in [-0.15, -0.1) is 0 Å². The van der Waals surface area contributed by atoms with Gasteiger partial charge in [0.2, 0.25) is 10.0 Å². The van der Waals surface area contributed by atoms with E-state index in [4.69, 9.17) is 16.3 Å². The fraction of sp³-hybridized carbons (Fsp3) is 0.172. The van der Waals surface area contributed by atoms with Crippen LogP contribution in [0.15, 0.2) is 88.9 Å². The van der Waals surface area contributed by atoms with Crippen molar-refractivity contribution >= 4 is 89.7 Å². The molecule has 1 aliphatic heterocycles. The Hall–Kier alpha value is -2.26. The molecule has 11 heteroatoms. The summed E-state index contributed by atoms with van der Waals surface area (Å²) in [5, 5.41) is 6.89. The van der Waals surface area contributed by atoms with Gasteiger partial charge >= 0.3 is 0 Å². The van der Waals surface area contributed by atoms with Crippen molar-refractivity contribution in [2.45, 2.75) is 30.4 Å². The first kappa shape index (κ1) is 29.2. The molecule has 0 aliphatic carbocycles. The lowest BCUT2D eigenvalue weighted by Gasteiger charge is -2.22. The van der Waals surface area contributed by atoms with Crippen LogP contribution in [-0.2, 0) is 21.4 Å². The molecule has 1 saturated heterocycles. The molecule has 0 unspecified atom stereocenters. The molecule has 1 aliphatic rings. The SMILES string of the molecule is O=C(N/N=C\c1cc(I)c(OCc2cccc3ccccc23)c(I)c1)[C@H]1CCCN1S(=O)(=O)c1ccc(Cl)cc1. The molecular weight excluding hydrogens is 776 g/mol. The van der Waals surface area contributed by atoms with Gasteiger partial charge in [0.1, 0.15) is 18.4 Å². The Kier molecular flexibility index (Phi) is 9.30. The number of rotatable bonds is 8. The van der Waals surface area contributed by atoms with Crippen molar-refractivity contribution in [2.75, 3.05) is 6.54 Å². The van der Waals surface area contributed by atoms with Crippen LogP contribution in [0.2, 0.25) is 5.02 Å². The van der Waals surface area contributed by atoms with Crippen LogP contribution in [0, 0.1) is 7.14 Å². The predicted octanol–water partition coefficient (Wildman–Crippen LogP) is 6.58. The van der Waals surface area contributed by atoms with E-state index in [1.54, 1.807) is 6.21 Å². The van der Waals surface area contributed by atoms with E-state index in [0.717, 1.165) is 29.4 Å². The molecule has 4 aromatic carbocycles. The van der Waals surface area contributed by atoms with Crippen LogP contribution in [0.5, 0.6) is 5.75 Å². The van der Waals surface area contributed by atoms with Crippen molar-refractivity contribution < 1.29 is 17.9 Å². The molecular formula is C29H24ClI2N3O4S. The number of halogens is 3. The van der Waals surface area contributed by atoms with E-state index in [2.05, 4.69) is 80.0 Å². The molecule has 4 aromatic rings. The van der Waals surface area contributed by atoms with Gasteiger partial charge in [-0.05, 0) is 116 Å². The molecule has 0 spiro atoms. The second kappa shape index (κ2) is 12.7. The number of amides is 1. The Morgan fingerprint density at radius 2 is 1.75 bits per heavy atom. The molecule has 0 bridgehead atoms. The van der Waals surface area contributed by atoms with E-state index in [1.807, 2.05) is 30.3 Å². The Bertz CT molecular complexity index is 1670. The third-order valence-electron chi connectivity index (χ3n) is 6.59. The lowest BCUT2D eigenvalue weighted by Crippen LogP contribution is -2.44. The van der Waals surface area contributed by atoms with E-state index in [0.29, 0.717) is 24.5 Å². The summed E-state index contributed by atoms with van der Waals surface area (Å²) in [4.78, 5) is 13.0. The number of ether oxygens (including phenoxy) is 1. The van der Waals surface area contributed by atoms with Crippen LogP contribution in [-0.4, -0.2) is 37.4 Å². The van der Waals surface area contributed by atoms with Crippen molar-refractivity contribution in [3.63, 3.8) is 0 Å². The fourth-order valence-corrected chi connectivity index (χ4v) is 8.55. The number of hydrogen-bond acceptors (Lipinski definition) is 5. The average molecular weight is 800 g/mol. The smallest absolute Gasteiger partial charge is 0.258 e. The Labute approximate surface area is 265 Å². The molecule has 206 valence electrons. The number of carbonyl (C=O) groups excluding carboxylic acids is 1. The van der Waals surface area contributed by atoms with Crippen LogP contribution in [0.3, 0.4) is 0 Å². The normalized spacial score (nSPS) is 16.0. The van der Waals surface area contributed by atoms with Gasteiger partial charge in [0.25, 0.3) is 5.91 Å².